The zero-order chi connectivity index (χ0) is 10.6. The molecule has 0 aromatic carbocycles. The van der Waals surface area contributed by atoms with E-state index >= 15 is 0 Å². The Balaban J connectivity index is 2.85. The molecular formula is C11H13NO2. The molecule has 0 amide bonds. The predicted octanol–water partition coefficient (Wildman–Crippen LogP) is 2.16. The first-order chi connectivity index (χ1) is 6.63. The van der Waals surface area contributed by atoms with Crippen LogP contribution < -0.4 is 4.74 Å². The highest BCUT2D eigenvalue weighted by Crippen LogP contribution is 2.15. The van der Waals surface area contributed by atoms with Crippen LogP contribution in [0.2, 0.25) is 0 Å². The van der Waals surface area contributed by atoms with Gasteiger partial charge in [-0.15, -0.1) is 0 Å². The van der Waals surface area contributed by atoms with Gasteiger partial charge in [0, 0.05) is 5.69 Å². The molecule has 3 heteroatoms. The zero-order valence-electron chi connectivity index (χ0n) is 8.41. The number of ether oxygens (including phenoxy) is 1. The molecule has 1 heterocycles. The number of rotatable bonds is 4. The fourth-order valence-electron chi connectivity index (χ4n) is 0.971. The molecule has 1 rings (SSSR count). The lowest BCUT2D eigenvalue weighted by molar-refractivity contribution is 0.111. The molecule has 0 unspecified atom stereocenters. The number of aromatic nitrogens is 1. The van der Waals surface area contributed by atoms with Crippen molar-refractivity contribution in [2.45, 2.75) is 13.8 Å². The minimum atomic E-state index is 0.339. The summed E-state index contributed by atoms with van der Waals surface area (Å²) < 4.78 is 5.35. The smallest absolute Gasteiger partial charge is 0.172 e. The van der Waals surface area contributed by atoms with Crippen LogP contribution in [0.1, 0.15) is 23.1 Å². The number of aryl methyl sites for hydroxylation is 1. The summed E-state index contributed by atoms with van der Waals surface area (Å²) in [5.74, 6) is 0.508. The largest absolute Gasteiger partial charge is 0.487 e. The molecule has 0 atom stereocenters. The molecule has 0 saturated carbocycles. The van der Waals surface area contributed by atoms with E-state index < -0.39 is 0 Å². The first-order valence-corrected chi connectivity index (χ1v) is 4.33. The van der Waals surface area contributed by atoms with E-state index in [0.717, 1.165) is 11.3 Å². The number of hydrogen-bond acceptors (Lipinski definition) is 3. The molecule has 74 valence electrons. The first-order valence-electron chi connectivity index (χ1n) is 4.33. The molecule has 0 fully saturated rings. The molecule has 0 N–H and O–H groups in total. The zero-order valence-corrected chi connectivity index (χ0v) is 8.41. The van der Waals surface area contributed by atoms with Crippen LogP contribution in [0.4, 0.5) is 0 Å². The van der Waals surface area contributed by atoms with E-state index in [0.29, 0.717) is 24.3 Å². The van der Waals surface area contributed by atoms with Crippen molar-refractivity contribution in [2.24, 2.45) is 0 Å². The summed E-state index contributed by atoms with van der Waals surface area (Å²) in [5, 5.41) is 0. The quantitative estimate of drug-likeness (QED) is 0.540. The normalized spacial score (nSPS) is 9.57. The Morgan fingerprint density at radius 3 is 2.93 bits per heavy atom. The van der Waals surface area contributed by atoms with Crippen molar-refractivity contribution in [1.29, 1.82) is 0 Å². The number of hydrogen-bond donors (Lipinski definition) is 0. The third kappa shape index (κ3) is 2.69. The maximum atomic E-state index is 10.7. The van der Waals surface area contributed by atoms with Gasteiger partial charge in [-0.25, -0.2) is 4.98 Å². The highest BCUT2D eigenvalue weighted by atomic mass is 16.5. The Kier molecular flexibility index (Phi) is 3.40. The average molecular weight is 191 g/mol. The fourth-order valence-corrected chi connectivity index (χ4v) is 0.971. The summed E-state index contributed by atoms with van der Waals surface area (Å²) in [4.78, 5) is 14.7. The second-order valence-electron chi connectivity index (χ2n) is 3.20. The van der Waals surface area contributed by atoms with E-state index in [4.69, 9.17) is 4.74 Å². The van der Waals surface area contributed by atoms with E-state index in [9.17, 15) is 4.79 Å². The molecule has 0 saturated heterocycles. The number of nitrogens with zero attached hydrogens (tertiary/aromatic N) is 1. The molecule has 0 aliphatic rings. The number of carbonyl (C=O) groups excluding carboxylic acids is 1. The lowest BCUT2D eigenvalue weighted by atomic mass is 10.3. The van der Waals surface area contributed by atoms with Gasteiger partial charge in [0.1, 0.15) is 18.1 Å². The van der Waals surface area contributed by atoms with Crippen LogP contribution in [0, 0.1) is 6.92 Å². The van der Waals surface area contributed by atoms with Crippen LogP contribution in [0.25, 0.3) is 0 Å². The monoisotopic (exact) mass is 191 g/mol. The van der Waals surface area contributed by atoms with E-state index in [2.05, 4.69) is 11.6 Å². The predicted molar refractivity (Wildman–Crippen MR) is 54.7 cm³/mol. The topological polar surface area (TPSA) is 39.2 Å². The molecule has 1 aromatic heterocycles. The fraction of sp³-hybridized carbons (Fsp3) is 0.273. The summed E-state index contributed by atoms with van der Waals surface area (Å²) >= 11 is 0. The third-order valence-corrected chi connectivity index (χ3v) is 1.61. The van der Waals surface area contributed by atoms with Crippen molar-refractivity contribution in [2.75, 3.05) is 6.61 Å². The number of pyridine rings is 1. The molecule has 0 bridgehead atoms. The molecule has 0 radical (unpaired) electrons. The van der Waals surface area contributed by atoms with Gasteiger partial charge in [-0.05, 0) is 31.6 Å². The molecule has 0 aliphatic heterocycles. The Labute approximate surface area is 83.4 Å². The third-order valence-electron chi connectivity index (χ3n) is 1.61. The Morgan fingerprint density at radius 2 is 2.36 bits per heavy atom. The van der Waals surface area contributed by atoms with Crippen LogP contribution >= 0.6 is 0 Å². The van der Waals surface area contributed by atoms with Gasteiger partial charge < -0.3 is 4.74 Å². The summed E-state index contributed by atoms with van der Waals surface area (Å²) in [6.07, 6.45) is 0.695. The SMILES string of the molecule is C=C(C)COc1ccc(C)nc1C=O. The van der Waals surface area contributed by atoms with Gasteiger partial charge in [0.2, 0.25) is 0 Å². The lowest BCUT2D eigenvalue weighted by Gasteiger charge is -2.07. The van der Waals surface area contributed by atoms with E-state index in [-0.39, 0.29) is 0 Å². The lowest BCUT2D eigenvalue weighted by Crippen LogP contribution is -2.02. The van der Waals surface area contributed by atoms with Gasteiger partial charge in [-0.3, -0.25) is 4.79 Å². The van der Waals surface area contributed by atoms with E-state index in [1.165, 1.54) is 0 Å². The van der Waals surface area contributed by atoms with E-state index in [1.54, 1.807) is 12.1 Å². The Bertz CT molecular complexity index is 358. The van der Waals surface area contributed by atoms with Crippen LogP contribution in [-0.2, 0) is 0 Å². The van der Waals surface area contributed by atoms with E-state index in [1.807, 2.05) is 13.8 Å². The second kappa shape index (κ2) is 4.56. The van der Waals surface area contributed by atoms with Crippen molar-refractivity contribution in [3.63, 3.8) is 0 Å². The highest BCUT2D eigenvalue weighted by molar-refractivity contribution is 5.76. The molecule has 0 spiro atoms. The Morgan fingerprint density at radius 1 is 1.64 bits per heavy atom. The van der Waals surface area contributed by atoms with Gasteiger partial charge in [0.15, 0.2) is 6.29 Å². The van der Waals surface area contributed by atoms with Crippen molar-refractivity contribution in [1.82, 2.24) is 4.98 Å². The van der Waals surface area contributed by atoms with Crippen molar-refractivity contribution in [3.05, 3.63) is 35.7 Å². The first kappa shape index (κ1) is 10.4. The summed E-state index contributed by atoms with van der Waals surface area (Å²) in [5.41, 5.74) is 2.04. The maximum absolute atomic E-state index is 10.7. The average Bonchev–Trinajstić information content (AvgIpc) is 2.15. The number of carbonyl (C=O) groups is 1. The number of aldehydes is 1. The minimum absolute atomic E-state index is 0.339. The van der Waals surface area contributed by atoms with Crippen LogP contribution in [0.5, 0.6) is 5.75 Å². The van der Waals surface area contributed by atoms with Gasteiger partial charge in [0.05, 0.1) is 0 Å². The maximum Gasteiger partial charge on any atom is 0.172 e. The molecule has 0 aliphatic carbocycles. The molecular weight excluding hydrogens is 178 g/mol. The molecule has 3 nitrogen and oxygen atoms in total. The van der Waals surface area contributed by atoms with Crippen LogP contribution in [-0.4, -0.2) is 17.9 Å². The summed E-state index contributed by atoms with van der Waals surface area (Å²) in [6.45, 7) is 7.81. The van der Waals surface area contributed by atoms with Crippen molar-refractivity contribution in [3.8, 4) is 5.75 Å². The Hall–Kier alpha value is -1.64. The summed E-state index contributed by atoms with van der Waals surface area (Å²) in [6, 6.07) is 3.55. The standard InChI is InChI=1S/C11H13NO2/c1-8(2)7-14-11-5-4-9(3)12-10(11)6-13/h4-6H,1,7H2,2-3H3. The van der Waals surface area contributed by atoms with Crippen LogP contribution in [0.3, 0.4) is 0 Å². The second-order valence-corrected chi connectivity index (χ2v) is 3.20. The van der Waals surface area contributed by atoms with Gasteiger partial charge in [-0.1, -0.05) is 6.58 Å². The summed E-state index contributed by atoms with van der Waals surface area (Å²) in [7, 11) is 0. The van der Waals surface area contributed by atoms with Crippen molar-refractivity contribution < 1.29 is 9.53 Å². The molecule has 1 aromatic rings. The minimum Gasteiger partial charge on any atom is -0.487 e. The highest BCUT2D eigenvalue weighted by Gasteiger charge is 2.04. The van der Waals surface area contributed by atoms with Gasteiger partial charge in [0.25, 0.3) is 0 Å². The van der Waals surface area contributed by atoms with Crippen molar-refractivity contribution >= 4 is 6.29 Å². The van der Waals surface area contributed by atoms with Gasteiger partial charge >= 0.3 is 0 Å². The van der Waals surface area contributed by atoms with Crippen LogP contribution in [0.15, 0.2) is 24.3 Å². The molecule has 14 heavy (non-hydrogen) atoms. The van der Waals surface area contributed by atoms with Gasteiger partial charge in [-0.2, -0.15) is 0 Å².